The van der Waals surface area contributed by atoms with E-state index in [0.29, 0.717) is 0 Å². The molecular formula is C19H16N2O. The van der Waals surface area contributed by atoms with E-state index in [4.69, 9.17) is 4.84 Å². The highest BCUT2D eigenvalue weighted by molar-refractivity contribution is 5.76. The van der Waals surface area contributed by atoms with Gasteiger partial charge in [0.15, 0.2) is 6.10 Å². The molecule has 22 heavy (non-hydrogen) atoms. The van der Waals surface area contributed by atoms with Crippen LogP contribution in [0.1, 0.15) is 22.9 Å². The Bertz CT molecular complexity index is 673. The van der Waals surface area contributed by atoms with Gasteiger partial charge in [0.25, 0.3) is 0 Å². The first-order valence-corrected chi connectivity index (χ1v) is 7.13. The summed E-state index contributed by atoms with van der Waals surface area (Å²) in [4.78, 5) is 9.94. The van der Waals surface area contributed by atoms with Gasteiger partial charge in [-0.2, -0.15) is 0 Å². The summed E-state index contributed by atoms with van der Waals surface area (Å²) in [5, 5.41) is 4.11. The first kappa shape index (κ1) is 14.0. The zero-order valence-corrected chi connectivity index (χ0v) is 12.0. The summed E-state index contributed by atoms with van der Waals surface area (Å²) >= 11 is 0. The number of nitrogens with zero attached hydrogens (tertiary/aromatic N) is 2. The molecule has 0 aliphatic heterocycles. The highest BCUT2D eigenvalue weighted by atomic mass is 16.6. The molecule has 0 spiro atoms. The third-order valence-electron chi connectivity index (χ3n) is 3.24. The lowest BCUT2D eigenvalue weighted by molar-refractivity contribution is 0.0887. The Morgan fingerprint density at radius 1 is 0.773 bits per heavy atom. The predicted molar refractivity (Wildman–Crippen MR) is 87.6 cm³/mol. The van der Waals surface area contributed by atoms with Gasteiger partial charge in [-0.1, -0.05) is 71.9 Å². The topological polar surface area (TPSA) is 34.5 Å². The van der Waals surface area contributed by atoms with E-state index in [1.54, 1.807) is 12.4 Å². The summed E-state index contributed by atoms with van der Waals surface area (Å²) < 4.78 is 0. The Hall–Kier alpha value is -2.94. The van der Waals surface area contributed by atoms with Crippen molar-refractivity contribution < 1.29 is 4.84 Å². The lowest BCUT2D eigenvalue weighted by Crippen LogP contribution is -2.03. The number of oxime groups is 1. The molecule has 3 nitrogen and oxygen atoms in total. The zero-order chi connectivity index (χ0) is 15.0. The van der Waals surface area contributed by atoms with Crippen molar-refractivity contribution in [3.63, 3.8) is 0 Å². The van der Waals surface area contributed by atoms with Crippen molar-refractivity contribution in [2.75, 3.05) is 0 Å². The molecule has 0 aliphatic rings. The van der Waals surface area contributed by atoms with Crippen LogP contribution in [-0.4, -0.2) is 11.2 Å². The van der Waals surface area contributed by atoms with Crippen molar-refractivity contribution in [1.82, 2.24) is 4.98 Å². The molecule has 108 valence electrons. The van der Waals surface area contributed by atoms with Gasteiger partial charge in [0.2, 0.25) is 0 Å². The van der Waals surface area contributed by atoms with Gasteiger partial charge in [-0.15, -0.1) is 0 Å². The van der Waals surface area contributed by atoms with Crippen molar-refractivity contribution in [2.24, 2.45) is 5.16 Å². The summed E-state index contributed by atoms with van der Waals surface area (Å²) in [6.07, 6.45) is 3.12. The number of hydrogen-bond donors (Lipinski definition) is 0. The number of benzene rings is 2. The van der Waals surface area contributed by atoms with Gasteiger partial charge in [-0.05, 0) is 23.3 Å². The van der Waals surface area contributed by atoms with Gasteiger partial charge in [-0.3, -0.25) is 4.98 Å². The molecule has 3 aromatic rings. The highest BCUT2D eigenvalue weighted by Gasteiger charge is 2.14. The summed E-state index contributed by atoms with van der Waals surface area (Å²) in [7, 11) is 0. The van der Waals surface area contributed by atoms with Crippen molar-refractivity contribution >= 4 is 6.21 Å². The second kappa shape index (κ2) is 7.18. The van der Waals surface area contributed by atoms with E-state index in [9.17, 15) is 0 Å². The van der Waals surface area contributed by atoms with E-state index in [0.717, 1.165) is 16.8 Å². The molecule has 3 heteroatoms. The van der Waals surface area contributed by atoms with Crippen LogP contribution < -0.4 is 0 Å². The molecule has 0 saturated heterocycles. The summed E-state index contributed by atoms with van der Waals surface area (Å²) in [6.45, 7) is 0. The SMILES string of the molecule is C(=N/OC(c1ccccc1)c1ccccc1)/c1ccccn1. The molecule has 1 aromatic heterocycles. The van der Waals surface area contributed by atoms with E-state index in [1.807, 2.05) is 78.9 Å². The van der Waals surface area contributed by atoms with Gasteiger partial charge in [0, 0.05) is 6.20 Å². The van der Waals surface area contributed by atoms with Crippen molar-refractivity contribution in [2.45, 2.75) is 6.10 Å². The molecule has 0 saturated carbocycles. The molecule has 0 fully saturated rings. The van der Waals surface area contributed by atoms with Crippen molar-refractivity contribution in [3.8, 4) is 0 Å². The number of hydrogen-bond acceptors (Lipinski definition) is 3. The third-order valence-corrected chi connectivity index (χ3v) is 3.24. The van der Waals surface area contributed by atoms with Crippen LogP contribution in [0.25, 0.3) is 0 Å². The smallest absolute Gasteiger partial charge is 0.177 e. The molecule has 0 unspecified atom stereocenters. The first-order valence-electron chi connectivity index (χ1n) is 7.13. The fourth-order valence-electron chi connectivity index (χ4n) is 2.17. The Morgan fingerprint density at radius 2 is 1.36 bits per heavy atom. The Kier molecular flexibility index (Phi) is 4.57. The zero-order valence-electron chi connectivity index (χ0n) is 12.0. The maximum absolute atomic E-state index is 5.75. The average Bonchev–Trinajstić information content (AvgIpc) is 2.61. The predicted octanol–water partition coefficient (Wildman–Crippen LogP) is 4.22. The van der Waals surface area contributed by atoms with Crippen molar-refractivity contribution in [1.29, 1.82) is 0 Å². The van der Waals surface area contributed by atoms with E-state index in [-0.39, 0.29) is 6.10 Å². The van der Waals surface area contributed by atoms with Crippen LogP contribution in [0, 0.1) is 0 Å². The largest absolute Gasteiger partial charge is 0.383 e. The van der Waals surface area contributed by atoms with Crippen molar-refractivity contribution in [3.05, 3.63) is 102 Å². The van der Waals surface area contributed by atoms with Crippen LogP contribution in [0.3, 0.4) is 0 Å². The minimum atomic E-state index is -0.234. The monoisotopic (exact) mass is 288 g/mol. The van der Waals surface area contributed by atoms with Crippen LogP contribution >= 0.6 is 0 Å². The summed E-state index contributed by atoms with van der Waals surface area (Å²) in [6, 6.07) is 25.8. The second-order valence-corrected chi connectivity index (χ2v) is 4.80. The molecule has 0 atom stereocenters. The minimum Gasteiger partial charge on any atom is -0.383 e. The van der Waals surface area contributed by atoms with Gasteiger partial charge in [0.1, 0.15) is 0 Å². The molecule has 0 N–H and O–H groups in total. The van der Waals surface area contributed by atoms with E-state index in [1.165, 1.54) is 0 Å². The quantitative estimate of drug-likeness (QED) is 0.520. The standard InChI is InChI=1S/C19H16N2O/c1-3-9-16(10-4-1)19(17-11-5-2-6-12-17)22-21-15-18-13-7-8-14-20-18/h1-15,19H/b21-15-. The fourth-order valence-corrected chi connectivity index (χ4v) is 2.17. The molecule has 1 heterocycles. The van der Waals surface area contributed by atoms with Crippen LogP contribution in [-0.2, 0) is 4.84 Å². The Labute approximate surface area is 129 Å². The Morgan fingerprint density at radius 3 is 1.91 bits per heavy atom. The van der Waals surface area contributed by atoms with Crippen LogP contribution in [0.5, 0.6) is 0 Å². The highest BCUT2D eigenvalue weighted by Crippen LogP contribution is 2.25. The van der Waals surface area contributed by atoms with E-state index >= 15 is 0 Å². The fraction of sp³-hybridized carbons (Fsp3) is 0.0526. The minimum absolute atomic E-state index is 0.234. The average molecular weight is 288 g/mol. The molecule has 0 amide bonds. The first-order chi connectivity index (χ1) is 10.9. The van der Waals surface area contributed by atoms with Crippen LogP contribution in [0.2, 0.25) is 0 Å². The molecule has 0 radical (unpaired) electrons. The number of pyridine rings is 1. The van der Waals surface area contributed by atoms with Gasteiger partial charge >= 0.3 is 0 Å². The molecule has 0 aliphatic carbocycles. The van der Waals surface area contributed by atoms with Crippen LogP contribution in [0.4, 0.5) is 0 Å². The summed E-state index contributed by atoms with van der Waals surface area (Å²) in [5.41, 5.74) is 2.89. The molecule has 2 aromatic carbocycles. The normalized spacial score (nSPS) is 11.0. The van der Waals surface area contributed by atoms with Gasteiger partial charge in [-0.25, -0.2) is 0 Å². The lowest BCUT2D eigenvalue weighted by Gasteiger charge is -2.15. The molecular weight excluding hydrogens is 272 g/mol. The Balaban J connectivity index is 1.82. The van der Waals surface area contributed by atoms with E-state index < -0.39 is 0 Å². The lowest BCUT2D eigenvalue weighted by atomic mass is 10.0. The summed E-state index contributed by atoms with van der Waals surface area (Å²) in [5.74, 6) is 0. The third kappa shape index (κ3) is 3.58. The van der Waals surface area contributed by atoms with E-state index in [2.05, 4.69) is 10.1 Å². The maximum Gasteiger partial charge on any atom is 0.177 e. The number of aromatic nitrogens is 1. The molecule has 3 rings (SSSR count). The van der Waals surface area contributed by atoms with Crippen LogP contribution in [0.15, 0.2) is 90.2 Å². The second-order valence-electron chi connectivity index (χ2n) is 4.80. The van der Waals surface area contributed by atoms with Gasteiger partial charge in [0.05, 0.1) is 11.9 Å². The number of rotatable bonds is 5. The maximum atomic E-state index is 5.75. The molecule has 0 bridgehead atoms. The van der Waals surface area contributed by atoms with Gasteiger partial charge < -0.3 is 4.84 Å².